The minimum absolute atomic E-state index is 0.00893. The molecule has 0 saturated heterocycles. The van der Waals surface area contributed by atoms with Crippen molar-refractivity contribution in [1.29, 1.82) is 0 Å². The summed E-state index contributed by atoms with van der Waals surface area (Å²) in [7, 11) is 0. The Labute approximate surface area is 123 Å². The molecule has 5 nitrogen and oxygen atoms in total. The highest BCUT2D eigenvalue weighted by molar-refractivity contribution is 6.04. The first-order valence-electron chi connectivity index (χ1n) is 6.49. The zero-order chi connectivity index (χ0) is 15.1. The normalized spacial score (nSPS) is 9.62. The van der Waals surface area contributed by atoms with Crippen molar-refractivity contribution in [2.24, 2.45) is 0 Å². The number of pyridine rings is 2. The highest BCUT2D eigenvalue weighted by Crippen LogP contribution is 2.14. The Morgan fingerprint density at radius 1 is 1.38 bits per heavy atom. The van der Waals surface area contributed by atoms with Crippen LogP contribution in [0, 0.1) is 18.8 Å². The maximum Gasteiger partial charge on any atom is 0.275 e. The molecule has 2 rings (SSSR count). The number of aliphatic hydroxyl groups excluding tert-OH is 1. The van der Waals surface area contributed by atoms with E-state index in [0.717, 1.165) is 5.56 Å². The lowest BCUT2D eigenvalue weighted by atomic mass is 10.1. The van der Waals surface area contributed by atoms with E-state index < -0.39 is 0 Å². The molecule has 2 heterocycles. The van der Waals surface area contributed by atoms with E-state index in [1.807, 2.05) is 6.92 Å². The SMILES string of the molecule is Cc1cnccc1NC(=O)c1ncccc1C#CCCO. The minimum Gasteiger partial charge on any atom is -0.395 e. The summed E-state index contributed by atoms with van der Waals surface area (Å²) in [6.45, 7) is 1.86. The number of hydrogen-bond acceptors (Lipinski definition) is 4. The summed E-state index contributed by atoms with van der Waals surface area (Å²) in [5.74, 6) is 5.32. The predicted octanol–water partition coefficient (Wildman–Crippen LogP) is 1.77. The van der Waals surface area contributed by atoms with Gasteiger partial charge in [-0.15, -0.1) is 0 Å². The first kappa shape index (κ1) is 14.7. The van der Waals surface area contributed by atoms with Gasteiger partial charge in [-0.25, -0.2) is 4.98 Å². The summed E-state index contributed by atoms with van der Waals surface area (Å²) < 4.78 is 0. The molecule has 0 aromatic carbocycles. The molecule has 0 aliphatic rings. The van der Waals surface area contributed by atoms with E-state index in [4.69, 9.17) is 5.11 Å². The third kappa shape index (κ3) is 3.88. The van der Waals surface area contributed by atoms with Gasteiger partial charge in [0, 0.05) is 30.7 Å². The number of carbonyl (C=O) groups excluding carboxylic acids is 1. The van der Waals surface area contributed by atoms with Crippen molar-refractivity contribution >= 4 is 11.6 Å². The van der Waals surface area contributed by atoms with Gasteiger partial charge in [0.15, 0.2) is 0 Å². The third-order valence-corrected chi connectivity index (χ3v) is 2.75. The van der Waals surface area contributed by atoms with E-state index in [-0.39, 0.29) is 18.2 Å². The Morgan fingerprint density at radius 3 is 3.00 bits per heavy atom. The van der Waals surface area contributed by atoms with Gasteiger partial charge in [-0.3, -0.25) is 9.78 Å². The monoisotopic (exact) mass is 281 g/mol. The number of nitrogens with one attached hydrogen (secondary N) is 1. The van der Waals surface area contributed by atoms with E-state index in [1.165, 1.54) is 0 Å². The van der Waals surface area contributed by atoms with Crippen LogP contribution in [0.5, 0.6) is 0 Å². The molecule has 106 valence electrons. The topological polar surface area (TPSA) is 75.1 Å². The largest absolute Gasteiger partial charge is 0.395 e. The van der Waals surface area contributed by atoms with Crippen molar-refractivity contribution in [3.05, 3.63) is 53.6 Å². The van der Waals surface area contributed by atoms with Gasteiger partial charge in [-0.2, -0.15) is 0 Å². The lowest BCUT2D eigenvalue weighted by molar-refractivity contribution is 0.102. The molecular formula is C16H15N3O2. The molecule has 0 bridgehead atoms. The molecule has 2 aromatic heterocycles. The fourth-order valence-electron chi connectivity index (χ4n) is 1.70. The van der Waals surface area contributed by atoms with Crippen molar-refractivity contribution in [2.75, 3.05) is 11.9 Å². The maximum atomic E-state index is 12.3. The van der Waals surface area contributed by atoms with Crippen molar-refractivity contribution < 1.29 is 9.90 Å². The van der Waals surface area contributed by atoms with Crippen molar-refractivity contribution in [2.45, 2.75) is 13.3 Å². The Morgan fingerprint density at radius 2 is 2.24 bits per heavy atom. The van der Waals surface area contributed by atoms with Crippen LogP contribution < -0.4 is 5.32 Å². The Kier molecular flexibility index (Phi) is 5.02. The molecule has 1 amide bonds. The van der Waals surface area contributed by atoms with Crippen LogP contribution in [-0.4, -0.2) is 27.6 Å². The van der Waals surface area contributed by atoms with Crippen LogP contribution in [0.3, 0.4) is 0 Å². The lowest BCUT2D eigenvalue weighted by Gasteiger charge is -2.08. The van der Waals surface area contributed by atoms with E-state index in [2.05, 4.69) is 27.1 Å². The molecule has 2 aromatic rings. The van der Waals surface area contributed by atoms with Crippen molar-refractivity contribution in [3.63, 3.8) is 0 Å². The van der Waals surface area contributed by atoms with Crippen molar-refractivity contribution in [1.82, 2.24) is 9.97 Å². The van der Waals surface area contributed by atoms with Crippen LogP contribution in [0.15, 0.2) is 36.8 Å². The number of amides is 1. The summed E-state index contributed by atoms with van der Waals surface area (Å²) in [6, 6.07) is 5.18. The summed E-state index contributed by atoms with van der Waals surface area (Å²) in [5.41, 5.74) is 2.36. The fourth-order valence-corrected chi connectivity index (χ4v) is 1.70. The van der Waals surface area contributed by atoms with E-state index in [1.54, 1.807) is 36.8 Å². The van der Waals surface area contributed by atoms with Gasteiger partial charge < -0.3 is 10.4 Å². The molecule has 0 spiro atoms. The van der Waals surface area contributed by atoms with Crippen LogP contribution in [0.4, 0.5) is 5.69 Å². The molecule has 0 aliphatic heterocycles. The number of carbonyl (C=O) groups is 1. The lowest BCUT2D eigenvalue weighted by Crippen LogP contribution is -2.16. The quantitative estimate of drug-likeness (QED) is 0.841. The van der Waals surface area contributed by atoms with Crippen LogP contribution in [0.1, 0.15) is 28.0 Å². The molecule has 0 unspecified atom stereocenters. The van der Waals surface area contributed by atoms with Gasteiger partial charge in [0.1, 0.15) is 5.69 Å². The number of aryl methyl sites for hydroxylation is 1. The molecule has 2 N–H and O–H groups in total. The van der Waals surface area contributed by atoms with Gasteiger partial charge in [0.25, 0.3) is 5.91 Å². The van der Waals surface area contributed by atoms with Gasteiger partial charge in [0.2, 0.25) is 0 Å². The molecule has 0 atom stereocenters. The first-order valence-corrected chi connectivity index (χ1v) is 6.49. The molecule has 0 aliphatic carbocycles. The van der Waals surface area contributed by atoms with Crippen LogP contribution in [0.25, 0.3) is 0 Å². The Bertz CT molecular complexity index is 702. The number of rotatable bonds is 3. The minimum atomic E-state index is -0.321. The number of aromatic nitrogens is 2. The van der Waals surface area contributed by atoms with Gasteiger partial charge in [-0.1, -0.05) is 11.8 Å². The van der Waals surface area contributed by atoms with Gasteiger partial charge >= 0.3 is 0 Å². The highest BCUT2D eigenvalue weighted by Gasteiger charge is 2.12. The first-order chi connectivity index (χ1) is 10.2. The second-order valence-corrected chi connectivity index (χ2v) is 4.32. The standard InChI is InChI=1S/C16H15N3O2/c1-12-11-17-9-7-14(12)19-16(21)15-13(5-2-3-10-20)6-4-8-18-15/h4,6-9,11,20H,3,10H2,1H3,(H,17,19,21). The van der Waals surface area contributed by atoms with E-state index >= 15 is 0 Å². The van der Waals surface area contributed by atoms with Gasteiger partial charge in [-0.05, 0) is 30.7 Å². The zero-order valence-electron chi connectivity index (χ0n) is 11.6. The number of aliphatic hydroxyl groups is 1. The highest BCUT2D eigenvalue weighted by atomic mass is 16.2. The molecule has 0 radical (unpaired) electrons. The Hall–Kier alpha value is -2.71. The summed E-state index contributed by atoms with van der Waals surface area (Å²) in [4.78, 5) is 20.4. The molecule has 5 heteroatoms. The molecule has 21 heavy (non-hydrogen) atoms. The zero-order valence-corrected chi connectivity index (χ0v) is 11.6. The summed E-state index contributed by atoms with van der Waals surface area (Å²) >= 11 is 0. The van der Waals surface area contributed by atoms with Crippen LogP contribution >= 0.6 is 0 Å². The van der Waals surface area contributed by atoms with Crippen molar-refractivity contribution in [3.8, 4) is 11.8 Å². The Balaban J connectivity index is 2.24. The maximum absolute atomic E-state index is 12.3. The third-order valence-electron chi connectivity index (χ3n) is 2.75. The van der Waals surface area contributed by atoms with E-state index in [9.17, 15) is 4.79 Å². The number of nitrogens with zero attached hydrogens (tertiary/aromatic N) is 2. The van der Waals surface area contributed by atoms with E-state index in [0.29, 0.717) is 17.7 Å². The summed E-state index contributed by atoms with van der Waals surface area (Å²) in [5, 5.41) is 11.5. The number of hydrogen-bond donors (Lipinski definition) is 2. The fraction of sp³-hybridized carbons (Fsp3) is 0.188. The summed E-state index contributed by atoms with van der Waals surface area (Å²) in [6.07, 6.45) is 5.20. The molecule has 0 saturated carbocycles. The smallest absolute Gasteiger partial charge is 0.275 e. The number of anilines is 1. The second-order valence-electron chi connectivity index (χ2n) is 4.32. The molecular weight excluding hydrogens is 266 g/mol. The van der Waals surface area contributed by atoms with Gasteiger partial charge in [0.05, 0.1) is 12.2 Å². The predicted molar refractivity (Wildman–Crippen MR) is 79.7 cm³/mol. The van der Waals surface area contributed by atoms with Crippen LogP contribution in [0.2, 0.25) is 0 Å². The average molecular weight is 281 g/mol. The average Bonchev–Trinajstić information content (AvgIpc) is 2.50. The second kappa shape index (κ2) is 7.17. The van der Waals surface area contributed by atoms with Crippen LogP contribution in [-0.2, 0) is 0 Å². The molecule has 0 fully saturated rings.